The third-order valence-corrected chi connectivity index (χ3v) is 3.53. The van der Waals surface area contributed by atoms with Crippen LogP contribution in [0.15, 0.2) is 24.3 Å². The van der Waals surface area contributed by atoms with Crippen molar-refractivity contribution in [2.24, 2.45) is 5.41 Å². The van der Waals surface area contributed by atoms with Gasteiger partial charge in [0.1, 0.15) is 0 Å². The molecule has 0 radical (unpaired) electrons. The van der Waals surface area contributed by atoms with Gasteiger partial charge in [-0.3, -0.25) is 9.59 Å². The summed E-state index contributed by atoms with van der Waals surface area (Å²) >= 11 is 0. The van der Waals surface area contributed by atoms with Gasteiger partial charge in [-0.05, 0) is 25.5 Å². The molecule has 20 heavy (non-hydrogen) atoms. The van der Waals surface area contributed by atoms with Crippen molar-refractivity contribution in [2.45, 2.75) is 13.3 Å². The molecule has 0 bridgehead atoms. The van der Waals surface area contributed by atoms with E-state index in [0.29, 0.717) is 13.0 Å². The van der Waals surface area contributed by atoms with Crippen LogP contribution in [-0.4, -0.2) is 41.6 Å². The van der Waals surface area contributed by atoms with Crippen LogP contribution in [0.25, 0.3) is 0 Å². The van der Waals surface area contributed by atoms with E-state index in [9.17, 15) is 14.0 Å². The van der Waals surface area contributed by atoms with Crippen molar-refractivity contribution >= 4 is 11.9 Å². The predicted octanol–water partition coefficient (Wildman–Crippen LogP) is 1.53. The van der Waals surface area contributed by atoms with Crippen molar-refractivity contribution in [3.05, 3.63) is 30.1 Å². The summed E-state index contributed by atoms with van der Waals surface area (Å²) in [7, 11) is 0. The summed E-state index contributed by atoms with van der Waals surface area (Å²) in [6.45, 7) is 1.85. The first kappa shape index (κ1) is 14.3. The number of likely N-dealkylation sites (tertiary alicyclic amines) is 1. The van der Waals surface area contributed by atoms with E-state index >= 15 is 0 Å². The highest BCUT2D eigenvalue weighted by molar-refractivity contribution is 5.81. The Morgan fingerprint density at radius 2 is 2.15 bits per heavy atom. The van der Waals surface area contributed by atoms with Gasteiger partial charge < -0.3 is 14.7 Å². The zero-order valence-corrected chi connectivity index (χ0v) is 11.1. The molecule has 1 aliphatic rings. The molecule has 0 saturated carbocycles. The summed E-state index contributed by atoms with van der Waals surface area (Å²) in [4.78, 5) is 24.5. The maximum Gasteiger partial charge on any atom is 0.311 e. The van der Waals surface area contributed by atoms with Crippen LogP contribution < -0.4 is 4.74 Å². The van der Waals surface area contributed by atoms with Crippen LogP contribution in [0.2, 0.25) is 0 Å². The largest absolute Gasteiger partial charge is 0.481 e. The van der Waals surface area contributed by atoms with Crippen LogP contribution in [0.3, 0.4) is 0 Å². The minimum absolute atomic E-state index is 0.0149. The number of hydrogen-bond donors (Lipinski definition) is 1. The van der Waals surface area contributed by atoms with Crippen LogP contribution in [0.4, 0.5) is 4.39 Å². The number of rotatable bonds is 4. The second-order valence-electron chi connectivity index (χ2n) is 5.15. The van der Waals surface area contributed by atoms with Crippen molar-refractivity contribution in [3.63, 3.8) is 0 Å². The first-order valence-corrected chi connectivity index (χ1v) is 6.31. The quantitative estimate of drug-likeness (QED) is 0.908. The number of amides is 1. The highest BCUT2D eigenvalue weighted by atomic mass is 19.1. The standard InChI is InChI=1S/C14H16FNO4/c1-14(13(18)19)6-7-16(9-14)12(17)8-20-11-5-3-2-4-10(11)15/h2-5H,6-9H2,1H3,(H,18,19). The van der Waals surface area contributed by atoms with E-state index in [4.69, 9.17) is 9.84 Å². The average Bonchev–Trinajstić information content (AvgIpc) is 2.82. The normalized spacial score (nSPS) is 21.8. The summed E-state index contributed by atoms with van der Waals surface area (Å²) in [6.07, 6.45) is 0.410. The lowest BCUT2D eigenvalue weighted by Crippen LogP contribution is -2.37. The van der Waals surface area contributed by atoms with E-state index in [0.717, 1.165) is 0 Å². The van der Waals surface area contributed by atoms with Crippen molar-refractivity contribution in [1.82, 2.24) is 4.90 Å². The van der Waals surface area contributed by atoms with Gasteiger partial charge in [0.25, 0.3) is 5.91 Å². The Morgan fingerprint density at radius 1 is 1.45 bits per heavy atom. The number of aliphatic carboxylic acids is 1. The molecule has 1 atom stereocenters. The minimum Gasteiger partial charge on any atom is -0.481 e. The Labute approximate surface area is 116 Å². The van der Waals surface area contributed by atoms with Crippen LogP contribution in [0.1, 0.15) is 13.3 Å². The van der Waals surface area contributed by atoms with Gasteiger partial charge in [0.2, 0.25) is 0 Å². The first-order valence-electron chi connectivity index (χ1n) is 6.31. The molecule has 1 aromatic carbocycles. The topological polar surface area (TPSA) is 66.8 Å². The number of carbonyl (C=O) groups is 2. The third kappa shape index (κ3) is 2.89. The minimum atomic E-state index is -0.914. The van der Waals surface area contributed by atoms with E-state index in [1.165, 1.54) is 23.1 Å². The highest BCUT2D eigenvalue weighted by Gasteiger charge is 2.42. The van der Waals surface area contributed by atoms with Crippen molar-refractivity contribution in [1.29, 1.82) is 0 Å². The van der Waals surface area contributed by atoms with Gasteiger partial charge in [-0.2, -0.15) is 0 Å². The number of ether oxygens (including phenoxy) is 1. The summed E-state index contributed by atoms with van der Waals surface area (Å²) < 4.78 is 18.4. The second-order valence-corrected chi connectivity index (χ2v) is 5.15. The maximum absolute atomic E-state index is 13.3. The number of para-hydroxylation sites is 1. The van der Waals surface area contributed by atoms with Gasteiger partial charge in [-0.15, -0.1) is 0 Å². The fourth-order valence-electron chi connectivity index (χ4n) is 2.14. The van der Waals surface area contributed by atoms with Crippen LogP contribution in [-0.2, 0) is 9.59 Å². The molecule has 0 spiro atoms. The van der Waals surface area contributed by atoms with E-state index in [-0.39, 0.29) is 24.8 Å². The Morgan fingerprint density at radius 3 is 2.75 bits per heavy atom. The number of hydrogen-bond acceptors (Lipinski definition) is 3. The van der Waals surface area contributed by atoms with E-state index in [2.05, 4.69) is 0 Å². The molecule has 1 fully saturated rings. The molecule has 0 aromatic heterocycles. The van der Waals surface area contributed by atoms with E-state index in [1.807, 2.05) is 0 Å². The third-order valence-electron chi connectivity index (χ3n) is 3.53. The fourth-order valence-corrected chi connectivity index (χ4v) is 2.14. The summed E-state index contributed by atoms with van der Waals surface area (Å²) in [6, 6.07) is 5.83. The van der Waals surface area contributed by atoms with Gasteiger partial charge in [0.15, 0.2) is 18.2 Å². The van der Waals surface area contributed by atoms with E-state index in [1.54, 1.807) is 13.0 Å². The molecule has 1 heterocycles. The lowest BCUT2D eigenvalue weighted by atomic mass is 9.90. The van der Waals surface area contributed by atoms with Gasteiger partial charge in [-0.25, -0.2) is 4.39 Å². The lowest BCUT2D eigenvalue weighted by Gasteiger charge is -2.20. The molecule has 0 aliphatic carbocycles. The second kappa shape index (κ2) is 5.48. The van der Waals surface area contributed by atoms with Gasteiger partial charge in [0.05, 0.1) is 5.41 Å². The predicted molar refractivity (Wildman–Crippen MR) is 68.8 cm³/mol. The van der Waals surface area contributed by atoms with Gasteiger partial charge in [0, 0.05) is 13.1 Å². The summed E-state index contributed by atoms with van der Waals surface area (Å²) in [5, 5.41) is 9.10. The Balaban J connectivity index is 1.91. The lowest BCUT2D eigenvalue weighted by molar-refractivity contribution is -0.147. The number of benzene rings is 1. The average molecular weight is 281 g/mol. The van der Waals surface area contributed by atoms with Crippen molar-refractivity contribution in [3.8, 4) is 5.75 Å². The number of halogens is 1. The smallest absolute Gasteiger partial charge is 0.311 e. The molecule has 108 valence electrons. The Bertz CT molecular complexity index is 534. The van der Waals surface area contributed by atoms with Crippen molar-refractivity contribution in [2.75, 3.05) is 19.7 Å². The van der Waals surface area contributed by atoms with Gasteiger partial charge >= 0.3 is 5.97 Å². The van der Waals surface area contributed by atoms with Crippen LogP contribution in [0.5, 0.6) is 5.75 Å². The Kier molecular flexibility index (Phi) is 3.92. The fraction of sp³-hybridized carbons (Fsp3) is 0.429. The molecule has 1 N–H and O–H groups in total. The molecule has 5 nitrogen and oxygen atoms in total. The molecule has 1 aromatic rings. The zero-order chi connectivity index (χ0) is 14.8. The monoisotopic (exact) mass is 281 g/mol. The molecular weight excluding hydrogens is 265 g/mol. The molecular formula is C14H16FNO4. The number of carboxylic acids is 1. The number of carboxylic acid groups (broad SMARTS) is 1. The zero-order valence-electron chi connectivity index (χ0n) is 11.1. The highest BCUT2D eigenvalue weighted by Crippen LogP contribution is 2.30. The van der Waals surface area contributed by atoms with Gasteiger partial charge in [-0.1, -0.05) is 12.1 Å². The van der Waals surface area contributed by atoms with Crippen LogP contribution >= 0.6 is 0 Å². The molecule has 2 rings (SSSR count). The molecule has 1 saturated heterocycles. The number of nitrogens with zero attached hydrogens (tertiary/aromatic N) is 1. The first-order chi connectivity index (χ1) is 9.42. The van der Waals surface area contributed by atoms with Crippen molar-refractivity contribution < 1.29 is 23.8 Å². The van der Waals surface area contributed by atoms with E-state index < -0.39 is 17.2 Å². The summed E-state index contributed by atoms with van der Waals surface area (Å²) in [5.41, 5.74) is -0.909. The molecule has 1 unspecified atom stereocenters. The molecule has 1 aliphatic heterocycles. The Hall–Kier alpha value is -2.11. The summed E-state index contributed by atoms with van der Waals surface area (Å²) in [5.74, 6) is -1.76. The number of carbonyl (C=O) groups excluding carboxylic acids is 1. The maximum atomic E-state index is 13.3. The SMILES string of the molecule is CC1(C(=O)O)CCN(C(=O)COc2ccccc2F)C1. The molecule has 1 amide bonds. The molecule has 6 heteroatoms. The van der Waals surface area contributed by atoms with Crippen LogP contribution in [0, 0.1) is 11.2 Å².